The van der Waals surface area contributed by atoms with Gasteiger partial charge in [-0.25, -0.2) is 13.8 Å². The summed E-state index contributed by atoms with van der Waals surface area (Å²) in [6, 6.07) is 7.73. The Morgan fingerprint density at radius 1 is 1.14 bits per heavy atom. The van der Waals surface area contributed by atoms with E-state index in [0.717, 1.165) is 16.6 Å². The molecule has 3 rings (SSSR count). The Morgan fingerprint density at radius 3 is 2.62 bits per heavy atom. The van der Waals surface area contributed by atoms with E-state index >= 15 is 0 Å². The van der Waals surface area contributed by atoms with E-state index in [1.54, 1.807) is 10.8 Å². The van der Waals surface area contributed by atoms with Crippen molar-refractivity contribution in [3.05, 3.63) is 65.5 Å². The van der Waals surface area contributed by atoms with Gasteiger partial charge in [0.1, 0.15) is 17.3 Å². The number of fused-ring (bicyclic) bond motifs is 1. The molecule has 2 aromatic heterocycles. The Labute approximate surface area is 121 Å². The Hall–Kier alpha value is -2.27. The zero-order chi connectivity index (χ0) is 14.8. The third kappa shape index (κ3) is 2.52. The summed E-state index contributed by atoms with van der Waals surface area (Å²) in [6.07, 6.45) is 3.57. The van der Waals surface area contributed by atoms with Crippen molar-refractivity contribution in [2.75, 3.05) is 7.05 Å². The zero-order valence-electron chi connectivity index (χ0n) is 11.6. The highest BCUT2D eigenvalue weighted by Crippen LogP contribution is 2.22. The summed E-state index contributed by atoms with van der Waals surface area (Å²) in [5.74, 6) is -1.08. The molecule has 0 aliphatic heterocycles. The standard InChI is InChI=1S/C16H15F2N3/c1-19-8-11-9-21(16-12(11)4-3-7-20-16)10-13-14(17)5-2-6-15(13)18/h2-7,9,19H,8,10H2,1H3. The molecule has 0 saturated heterocycles. The van der Waals surface area contributed by atoms with Crippen LogP contribution in [0.5, 0.6) is 0 Å². The van der Waals surface area contributed by atoms with Gasteiger partial charge >= 0.3 is 0 Å². The van der Waals surface area contributed by atoms with Crippen molar-refractivity contribution in [2.24, 2.45) is 0 Å². The van der Waals surface area contributed by atoms with Crippen LogP contribution in [0, 0.1) is 11.6 Å². The van der Waals surface area contributed by atoms with Crippen LogP contribution in [0.2, 0.25) is 0 Å². The summed E-state index contributed by atoms with van der Waals surface area (Å²) in [5, 5.41) is 4.08. The molecule has 0 amide bonds. The van der Waals surface area contributed by atoms with Crippen molar-refractivity contribution in [1.82, 2.24) is 14.9 Å². The summed E-state index contributed by atoms with van der Waals surface area (Å²) in [5.41, 5.74) is 1.83. The lowest BCUT2D eigenvalue weighted by atomic mass is 10.2. The summed E-state index contributed by atoms with van der Waals surface area (Å²) in [4.78, 5) is 4.33. The van der Waals surface area contributed by atoms with Crippen molar-refractivity contribution >= 4 is 11.0 Å². The van der Waals surface area contributed by atoms with Gasteiger partial charge in [0.25, 0.3) is 0 Å². The maximum atomic E-state index is 13.8. The van der Waals surface area contributed by atoms with Gasteiger partial charge in [-0.2, -0.15) is 0 Å². The molecule has 0 spiro atoms. The molecule has 3 aromatic rings. The van der Waals surface area contributed by atoms with Crippen LogP contribution in [0.3, 0.4) is 0 Å². The van der Waals surface area contributed by atoms with Crippen molar-refractivity contribution in [3.63, 3.8) is 0 Å². The predicted molar refractivity (Wildman–Crippen MR) is 78.0 cm³/mol. The third-order valence-electron chi connectivity index (χ3n) is 3.47. The molecule has 108 valence electrons. The van der Waals surface area contributed by atoms with Crippen LogP contribution in [0.15, 0.2) is 42.7 Å². The first-order chi connectivity index (χ1) is 10.2. The maximum absolute atomic E-state index is 13.8. The molecule has 0 bridgehead atoms. The van der Waals surface area contributed by atoms with E-state index in [9.17, 15) is 8.78 Å². The fraction of sp³-hybridized carbons (Fsp3) is 0.188. The van der Waals surface area contributed by atoms with E-state index in [0.29, 0.717) is 6.54 Å². The van der Waals surface area contributed by atoms with Gasteiger partial charge in [0, 0.05) is 29.9 Å². The average molecular weight is 287 g/mol. The molecule has 0 unspecified atom stereocenters. The average Bonchev–Trinajstić information content (AvgIpc) is 2.82. The topological polar surface area (TPSA) is 29.9 Å². The molecule has 0 aliphatic carbocycles. The van der Waals surface area contributed by atoms with Crippen LogP contribution >= 0.6 is 0 Å². The molecule has 2 heterocycles. The number of halogens is 2. The van der Waals surface area contributed by atoms with Crippen LogP contribution in [-0.2, 0) is 13.1 Å². The van der Waals surface area contributed by atoms with E-state index in [1.807, 2.05) is 25.4 Å². The molecule has 1 N–H and O–H groups in total. The van der Waals surface area contributed by atoms with Crippen molar-refractivity contribution in [3.8, 4) is 0 Å². The smallest absolute Gasteiger partial charge is 0.140 e. The molecule has 21 heavy (non-hydrogen) atoms. The van der Waals surface area contributed by atoms with Crippen LogP contribution < -0.4 is 5.32 Å². The highest BCUT2D eigenvalue weighted by molar-refractivity contribution is 5.80. The van der Waals surface area contributed by atoms with Gasteiger partial charge in [-0.3, -0.25) is 0 Å². The highest BCUT2D eigenvalue weighted by Gasteiger charge is 2.13. The monoisotopic (exact) mass is 287 g/mol. The second-order valence-electron chi connectivity index (χ2n) is 4.89. The third-order valence-corrected chi connectivity index (χ3v) is 3.47. The molecule has 1 aromatic carbocycles. The first kappa shape index (κ1) is 13.7. The molecule has 0 atom stereocenters. The molecule has 0 radical (unpaired) electrons. The Bertz CT molecular complexity index is 760. The summed E-state index contributed by atoms with van der Waals surface area (Å²) in [7, 11) is 1.86. The van der Waals surface area contributed by atoms with E-state index in [2.05, 4.69) is 10.3 Å². The van der Waals surface area contributed by atoms with Gasteiger partial charge in [0.15, 0.2) is 0 Å². The second kappa shape index (κ2) is 5.61. The van der Waals surface area contributed by atoms with Gasteiger partial charge < -0.3 is 9.88 Å². The van der Waals surface area contributed by atoms with Crippen molar-refractivity contribution in [1.29, 1.82) is 0 Å². The minimum atomic E-state index is -0.539. The van der Waals surface area contributed by atoms with Gasteiger partial charge in [-0.1, -0.05) is 6.07 Å². The zero-order valence-corrected chi connectivity index (χ0v) is 11.6. The molecule has 0 saturated carbocycles. The first-order valence-electron chi connectivity index (χ1n) is 6.71. The number of nitrogens with one attached hydrogen (secondary N) is 1. The van der Waals surface area contributed by atoms with Gasteiger partial charge in [0.05, 0.1) is 6.54 Å². The molecule has 3 nitrogen and oxygen atoms in total. The van der Waals surface area contributed by atoms with Crippen molar-refractivity contribution < 1.29 is 8.78 Å². The van der Waals surface area contributed by atoms with E-state index in [-0.39, 0.29) is 12.1 Å². The van der Waals surface area contributed by atoms with Gasteiger partial charge in [-0.15, -0.1) is 0 Å². The molecule has 5 heteroatoms. The Kier molecular flexibility index (Phi) is 3.66. The van der Waals surface area contributed by atoms with Gasteiger partial charge in [-0.05, 0) is 36.9 Å². The quantitative estimate of drug-likeness (QED) is 0.799. The lowest BCUT2D eigenvalue weighted by Gasteiger charge is -2.07. The number of benzene rings is 1. The number of pyridine rings is 1. The van der Waals surface area contributed by atoms with E-state index in [4.69, 9.17) is 0 Å². The largest absolute Gasteiger partial charge is 0.328 e. The normalized spacial score (nSPS) is 11.2. The summed E-state index contributed by atoms with van der Waals surface area (Å²) < 4.78 is 29.4. The first-order valence-corrected chi connectivity index (χ1v) is 6.71. The Balaban J connectivity index is 2.09. The van der Waals surface area contributed by atoms with E-state index in [1.165, 1.54) is 18.2 Å². The van der Waals surface area contributed by atoms with Crippen LogP contribution in [-0.4, -0.2) is 16.6 Å². The van der Waals surface area contributed by atoms with Crippen molar-refractivity contribution in [2.45, 2.75) is 13.1 Å². The minimum absolute atomic E-state index is 0.0519. The molecule has 0 fully saturated rings. The number of rotatable bonds is 4. The molecular weight excluding hydrogens is 272 g/mol. The lowest BCUT2D eigenvalue weighted by molar-refractivity contribution is 0.546. The number of hydrogen-bond donors (Lipinski definition) is 1. The van der Waals surface area contributed by atoms with Gasteiger partial charge in [0.2, 0.25) is 0 Å². The highest BCUT2D eigenvalue weighted by atomic mass is 19.1. The number of hydrogen-bond acceptors (Lipinski definition) is 2. The van der Waals surface area contributed by atoms with E-state index < -0.39 is 11.6 Å². The number of nitrogens with zero attached hydrogens (tertiary/aromatic N) is 2. The fourth-order valence-corrected chi connectivity index (χ4v) is 2.50. The molecular formula is C16H15F2N3. The maximum Gasteiger partial charge on any atom is 0.140 e. The SMILES string of the molecule is CNCc1cn(Cc2c(F)cccc2F)c2ncccc12. The number of aromatic nitrogens is 2. The lowest BCUT2D eigenvalue weighted by Crippen LogP contribution is -2.05. The minimum Gasteiger partial charge on any atom is -0.328 e. The van der Waals surface area contributed by atoms with Crippen LogP contribution in [0.4, 0.5) is 8.78 Å². The van der Waals surface area contributed by atoms with Crippen LogP contribution in [0.25, 0.3) is 11.0 Å². The Morgan fingerprint density at radius 2 is 1.90 bits per heavy atom. The molecule has 0 aliphatic rings. The fourth-order valence-electron chi connectivity index (χ4n) is 2.50. The summed E-state index contributed by atoms with van der Waals surface area (Å²) in [6.45, 7) is 0.796. The predicted octanol–water partition coefficient (Wildman–Crippen LogP) is 3.08. The van der Waals surface area contributed by atoms with Crippen LogP contribution in [0.1, 0.15) is 11.1 Å². The second-order valence-corrected chi connectivity index (χ2v) is 4.89. The summed E-state index contributed by atoms with van der Waals surface area (Å²) >= 11 is 0.